The number of nitrogens with one attached hydrogen (secondary N) is 2. The summed E-state index contributed by atoms with van der Waals surface area (Å²) in [6, 6.07) is 9.46. The molecule has 1 amide bonds. The molecule has 0 aliphatic heterocycles. The van der Waals surface area contributed by atoms with E-state index in [4.69, 9.17) is 0 Å². The first-order chi connectivity index (χ1) is 13.8. The van der Waals surface area contributed by atoms with Crippen LogP contribution in [0.3, 0.4) is 0 Å². The van der Waals surface area contributed by atoms with Gasteiger partial charge in [0.2, 0.25) is 5.91 Å². The highest BCUT2D eigenvalue weighted by Gasteiger charge is 2.12. The highest BCUT2D eigenvalue weighted by atomic mass is 16.2. The average molecular weight is 391 g/mol. The van der Waals surface area contributed by atoms with Gasteiger partial charge in [0.05, 0.1) is 6.54 Å². The molecule has 2 aromatic heterocycles. The second kappa shape index (κ2) is 8.26. The third kappa shape index (κ3) is 4.51. The molecule has 1 aromatic carbocycles. The van der Waals surface area contributed by atoms with Crippen molar-refractivity contribution in [3.05, 3.63) is 69.3 Å². The molecule has 0 aliphatic carbocycles. The van der Waals surface area contributed by atoms with Crippen LogP contribution in [0.25, 0.3) is 11.4 Å². The number of rotatable bonds is 5. The van der Waals surface area contributed by atoms with Crippen LogP contribution in [0.2, 0.25) is 0 Å². The SMILES string of the molecule is Cc1cccc(NC(=O)CN(C)c2ccc(-c3nc(C)c(C)c(=O)[nH]3)cn2)c1C. The Morgan fingerprint density at radius 3 is 2.52 bits per heavy atom. The third-order valence-corrected chi connectivity index (χ3v) is 5.07. The number of hydrogen-bond donors (Lipinski definition) is 2. The molecule has 3 aromatic rings. The van der Waals surface area contributed by atoms with Crippen molar-refractivity contribution < 1.29 is 4.79 Å². The summed E-state index contributed by atoms with van der Waals surface area (Å²) in [5.41, 5.74) is 4.85. The summed E-state index contributed by atoms with van der Waals surface area (Å²) in [5.74, 6) is 1.01. The first-order valence-corrected chi connectivity index (χ1v) is 9.37. The Morgan fingerprint density at radius 1 is 1.10 bits per heavy atom. The fourth-order valence-corrected chi connectivity index (χ4v) is 2.91. The van der Waals surface area contributed by atoms with E-state index >= 15 is 0 Å². The molecule has 2 heterocycles. The predicted molar refractivity (Wildman–Crippen MR) is 115 cm³/mol. The Morgan fingerprint density at radius 2 is 1.86 bits per heavy atom. The highest BCUT2D eigenvalue weighted by molar-refractivity contribution is 5.94. The van der Waals surface area contributed by atoms with Gasteiger partial charge in [-0.15, -0.1) is 0 Å². The second-order valence-corrected chi connectivity index (χ2v) is 7.18. The highest BCUT2D eigenvalue weighted by Crippen LogP contribution is 2.19. The van der Waals surface area contributed by atoms with Gasteiger partial charge in [-0.25, -0.2) is 9.97 Å². The Kier molecular flexibility index (Phi) is 5.77. The number of carbonyl (C=O) groups excluding carboxylic acids is 1. The minimum atomic E-state index is -0.156. The number of nitrogens with zero attached hydrogens (tertiary/aromatic N) is 3. The summed E-state index contributed by atoms with van der Waals surface area (Å²) in [7, 11) is 1.81. The van der Waals surface area contributed by atoms with E-state index in [2.05, 4.69) is 20.3 Å². The molecule has 3 rings (SSSR count). The van der Waals surface area contributed by atoms with E-state index in [0.717, 1.165) is 16.8 Å². The number of pyridine rings is 1. The lowest BCUT2D eigenvalue weighted by Gasteiger charge is -2.18. The zero-order valence-corrected chi connectivity index (χ0v) is 17.3. The number of H-pyrrole nitrogens is 1. The molecule has 2 N–H and O–H groups in total. The molecular formula is C22H25N5O2. The van der Waals surface area contributed by atoms with Crippen molar-refractivity contribution >= 4 is 17.4 Å². The van der Waals surface area contributed by atoms with Crippen molar-refractivity contribution in [2.75, 3.05) is 23.8 Å². The van der Waals surface area contributed by atoms with Gasteiger partial charge in [0, 0.05) is 35.8 Å². The molecular weight excluding hydrogens is 366 g/mol. The van der Waals surface area contributed by atoms with Crippen molar-refractivity contribution in [2.24, 2.45) is 0 Å². The van der Waals surface area contributed by atoms with Crippen LogP contribution in [0.5, 0.6) is 0 Å². The van der Waals surface area contributed by atoms with Gasteiger partial charge < -0.3 is 15.2 Å². The third-order valence-electron chi connectivity index (χ3n) is 5.07. The number of anilines is 2. The molecule has 150 valence electrons. The fraction of sp³-hybridized carbons (Fsp3) is 0.273. The number of aromatic amines is 1. The molecule has 7 heteroatoms. The normalized spacial score (nSPS) is 10.7. The standard InChI is InChI=1S/C22H25N5O2/c1-13-7-6-8-18(14(13)2)25-20(28)12-27(5)19-10-9-17(11-23-19)21-24-16(4)15(3)22(29)26-21/h6-11H,12H2,1-5H3,(H,25,28)(H,24,26,29). The summed E-state index contributed by atoms with van der Waals surface area (Å²) < 4.78 is 0. The molecule has 0 radical (unpaired) electrons. The van der Waals surface area contributed by atoms with Crippen LogP contribution < -0.4 is 15.8 Å². The maximum Gasteiger partial charge on any atom is 0.254 e. The average Bonchev–Trinajstić information content (AvgIpc) is 2.69. The molecule has 29 heavy (non-hydrogen) atoms. The van der Waals surface area contributed by atoms with Gasteiger partial charge in [-0.1, -0.05) is 12.1 Å². The van der Waals surface area contributed by atoms with E-state index in [-0.39, 0.29) is 18.0 Å². The number of benzene rings is 1. The largest absolute Gasteiger partial charge is 0.350 e. The van der Waals surface area contributed by atoms with E-state index in [1.54, 1.807) is 38.1 Å². The number of aryl methyl sites for hydroxylation is 2. The van der Waals surface area contributed by atoms with Crippen LogP contribution >= 0.6 is 0 Å². The van der Waals surface area contributed by atoms with Crippen LogP contribution in [0.1, 0.15) is 22.4 Å². The molecule has 0 bridgehead atoms. The Hall–Kier alpha value is -3.48. The summed E-state index contributed by atoms with van der Waals surface area (Å²) in [6.45, 7) is 7.71. The molecule has 7 nitrogen and oxygen atoms in total. The quantitative estimate of drug-likeness (QED) is 0.697. The van der Waals surface area contributed by atoms with Gasteiger partial charge in [0.1, 0.15) is 11.6 Å². The maximum atomic E-state index is 12.4. The molecule has 0 atom stereocenters. The van der Waals surface area contributed by atoms with Gasteiger partial charge in [0.15, 0.2) is 0 Å². The topological polar surface area (TPSA) is 91.0 Å². The smallest absolute Gasteiger partial charge is 0.254 e. The van der Waals surface area contributed by atoms with Gasteiger partial charge in [-0.2, -0.15) is 0 Å². The molecule has 0 spiro atoms. The Labute approximate surface area is 169 Å². The van der Waals surface area contributed by atoms with Crippen LogP contribution in [0.15, 0.2) is 41.3 Å². The Balaban J connectivity index is 1.70. The van der Waals surface area contributed by atoms with Crippen molar-refractivity contribution in [1.29, 1.82) is 0 Å². The molecule has 0 saturated carbocycles. The van der Waals surface area contributed by atoms with Crippen LogP contribution in [-0.2, 0) is 4.79 Å². The van der Waals surface area contributed by atoms with Crippen molar-refractivity contribution in [1.82, 2.24) is 15.0 Å². The van der Waals surface area contributed by atoms with E-state index in [0.29, 0.717) is 28.5 Å². The van der Waals surface area contributed by atoms with Gasteiger partial charge in [-0.3, -0.25) is 9.59 Å². The number of likely N-dealkylation sites (N-methyl/N-ethyl adjacent to an activating group) is 1. The van der Waals surface area contributed by atoms with Crippen LogP contribution in [0, 0.1) is 27.7 Å². The van der Waals surface area contributed by atoms with Gasteiger partial charge in [0.25, 0.3) is 5.56 Å². The summed E-state index contributed by atoms with van der Waals surface area (Å²) in [5, 5.41) is 2.95. The van der Waals surface area contributed by atoms with Crippen molar-refractivity contribution in [3.8, 4) is 11.4 Å². The lowest BCUT2D eigenvalue weighted by atomic mass is 10.1. The lowest BCUT2D eigenvalue weighted by Crippen LogP contribution is -2.30. The molecule has 0 fully saturated rings. The van der Waals surface area contributed by atoms with Crippen LogP contribution in [0.4, 0.5) is 11.5 Å². The van der Waals surface area contributed by atoms with Gasteiger partial charge in [-0.05, 0) is 57.0 Å². The van der Waals surface area contributed by atoms with Crippen LogP contribution in [-0.4, -0.2) is 34.5 Å². The summed E-state index contributed by atoms with van der Waals surface area (Å²) >= 11 is 0. The minimum absolute atomic E-state index is 0.118. The van der Waals surface area contributed by atoms with E-state index in [1.807, 2.05) is 38.1 Å². The van der Waals surface area contributed by atoms with E-state index in [9.17, 15) is 9.59 Å². The monoisotopic (exact) mass is 391 g/mol. The molecule has 0 unspecified atom stereocenters. The van der Waals surface area contributed by atoms with Gasteiger partial charge >= 0.3 is 0 Å². The predicted octanol–water partition coefficient (Wildman–Crippen LogP) is 3.14. The number of carbonyl (C=O) groups is 1. The first kappa shape index (κ1) is 20.3. The maximum absolute atomic E-state index is 12.4. The minimum Gasteiger partial charge on any atom is -0.350 e. The fourth-order valence-electron chi connectivity index (χ4n) is 2.91. The second-order valence-electron chi connectivity index (χ2n) is 7.18. The molecule has 0 saturated heterocycles. The number of amides is 1. The van der Waals surface area contributed by atoms with Crippen molar-refractivity contribution in [2.45, 2.75) is 27.7 Å². The van der Waals surface area contributed by atoms with Crippen molar-refractivity contribution in [3.63, 3.8) is 0 Å². The summed E-state index contributed by atoms with van der Waals surface area (Å²) in [4.78, 5) is 37.7. The first-order valence-electron chi connectivity index (χ1n) is 9.37. The Bertz CT molecular complexity index is 1100. The zero-order valence-electron chi connectivity index (χ0n) is 17.3. The number of hydrogen-bond acceptors (Lipinski definition) is 5. The molecule has 0 aliphatic rings. The van der Waals surface area contributed by atoms with E-state index in [1.165, 1.54) is 0 Å². The lowest BCUT2D eigenvalue weighted by molar-refractivity contribution is -0.114. The van der Waals surface area contributed by atoms with E-state index < -0.39 is 0 Å². The number of aromatic nitrogens is 3. The zero-order chi connectivity index (χ0) is 21.1. The summed E-state index contributed by atoms with van der Waals surface area (Å²) in [6.07, 6.45) is 1.64.